The van der Waals surface area contributed by atoms with Crippen LogP contribution in [0.5, 0.6) is 0 Å². The molecular weight excluding hydrogens is 590 g/mol. The number of hydrogen-bond acceptors (Lipinski definition) is 4. The minimum atomic E-state index is -3.57. The SMILES string of the molecule is CCNC(=O)[C@H](Cc1ccccc1)N(Cc1ccc(Br)cc1)C(=O)CCCN(c1cc(C)ccc1C)S(C)(=O)=O. The average Bonchev–Trinajstić information content (AvgIpc) is 2.91. The molecule has 1 atom stereocenters. The molecule has 3 aromatic carbocycles. The largest absolute Gasteiger partial charge is 0.355 e. The maximum atomic E-state index is 13.8. The van der Waals surface area contributed by atoms with Crippen molar-refractivity contribution < 1.29 is 18.0 Å². The van der Waals surface area contributed by atoms with Crippen LogP contribution in [0.2, 0.25) is 0 Å². The predicted octanol–water partition coefficient (Wildman–Crippen LogP) is 5.39. The van der Waals surface area contributed by atoms with Gasteiger partial charge in [-0.15, -0.1) is 0 Å². The van der Waals surface area contributed by atoms with Crippen molar-refractivity contribution in [2.24, 2.45) is 0 Å². The number of carbonyl (C=O) groups is 2. The Morgan fingerprint density at radius 1 is 0.950 bits per heavy atom. The summed E-state index contributed by atoms with van der Waals surface area (Å²) in [5.74, 6) is -0.422. The summed E-state index contributed by atoms with van der Waals surface area (Å²) >= 11 is 3.45. The molecule has 0 unspecified atom stereocenters. The van der Waals surface area contributed by atoms with Crippen LogP contribution in [0.4, 0.5) is 5.69 Å². The van der Waals surface area contributed by atoms with Crippen molar-refractivity contribution in [2.45, 2.75) is 52.6 Å². The van der Waals surface area contributed by atoms with Crippen LogP contribution in [0.25, 0.3) is 0 Å². The molecule has 0 aliphatic carbocycles. The molecular formula is C31H38BrN3O4S. The predicted molar refractivity (Wildman–Crippen MR) is 165 cm³/mol. The molecule has 0 bridgehead atoms. The van der Waals surface area contributed by atoms with Crippen molar-refractivity contribution in [3.8, 4) is 0 Å². The van der Waals surface area contributed by atoms with Crippen molar-refractivity contribution in [2.75, 3.05) is 23.7 Å². The van der Waals surface area contributed by atoms with Gasteiger partial charge in [-0.1, -0.05) is 70.5 Å². The number of aryl methyl sites for hydroxylation is 2. The van der Waals surface area contributed by atoms with Gasteiger partial charge in [0.15, 0.2) is 0 Å². The van der Waals surface area contributed by atoms with Crippen molar-refractivity contribution in [1.82, 2.24) is 10.2 Å². The third-order valence-corrected chi connectivity index (χ3v) is 8.38. The fraction of sp³-hybridized carbons (Fsp3) is 0.355. The van der Waals surface area contributed by atoms with Crippen LogP contribution in [0.15, 0.2) is 77.3 Å². The third kappa shape index (κ3) is 8.93. The standard InChI is InChI=1S/C31H38BrN3O4S/c1-5-33-31(37)29(21-25-10-7-6-8-11-25)34(22-26-15-17-27(32)18-16-26)30(36)12-9-19-35(40(4,38)39)28-20-23(2)13-14-24(28)3/h6-8,10-11,13-18,20,29H,5,9,12,19,21-22H2,1-4H3,(H,33,37)/t29-/m0/s1. The highest BCUT2D eigenvalue weighted by molar-refractivity contribution is 9.10. The number of nitrogens with zero attached hydrogens (tertiary/aromatic N) is 2. The Morgan fingerprint density at radius 3 is 2.25 bits per heavy atom. The Labute approximate surface area is 246 Å². The van der Waals surface area contributed by atoms with E-state index in [-0.39, 0.29) is 31.3 Å². The topological polar surface area (TPSA) is 86.8 Å². The van der Waals surface area contributed by atoms with E-state index >= 15 is 0 Å². The summed E-state index contributed by atoms with van der Waals surface area (Å²) in [4.78, 5) is 28.7. The van der Waals surface area contributed by atoms with E-state index in [9.17, 15) is 18.0 Å². The van der Waals surface area contributed by atoms with Gasteiger partial charge in [-0.25, -0.2) is 8.42 Å². The van der Waals surface area contributed by atoms with Gasteiger partial charge >= 0.3 is 0 Å². The molecule has 9 heteroatoms. The Bertz CT molecular complexity index is 1400. The van der Waals surface area contributed by atoms with E-state index in [2.05, 4.69) is 21.2 Å². The van der Waals surface area contributed by atoms with Gasteiger partial charge in [0.25, 0.3) is 0 Å². The molecule has 3 rings (SSSR count). The van der Waals surface area contributed by atoms with Gasteiger partial charge in [-0.3, -0.25) is 13.9 Å². The highest BCUT2D eigenvalue weighted by atomic mass is 79.9. The minimum absolute atomic E-state index is 0.0953. The van der Waals surface area contributed by atoms with E-state index in [1.165, 1.54) is 10.6 Å². The smallest absolute Gasteiger partial charge is 0.243 e. The molecule has 40 heavy (non-hydrogen) atoms. The zero-order chi connectivity index (χ0) is 29.3. The number of carbonyl (C=O) groups excluding carboxylic acids is 2. The quantitative estimate of drug-likeness (QED) is 0.275. The second kappa shape index (κ2) is 14.5. The highest BCUT2D eigenvalue weighted by Gasteiger charge is 2.30. The molecule has 7 nitrogen and oxygen atoms in total. The average molecular weight is 629 g/mol. The lowest BCUT2D eigenvalue weighted by Crippen LogP contribution is -2.50. The molecule has 0 radical (unpaired) electrons. The summed E-state index contributed by atoms with van der Waals surface area (Å²) in [7, 11) is -3.57. The first-order chi connectivity index (χ1) is 19.0. The van der Waals surface area contributed by atoms with Gasteiger partial charge in [0.2, 0.25) is 21.8 Å². The zero-order valence-electron chi connectivity index (χ0n) is 23.6. The van der Waals surface area contributed by atoms with E-state index in [0.29, 0.717) is 25.1 Å². The van der Waals surface area contributed by atoms with Gasteiger partial charge in [0, 0.05) is 36.9 Å². The molecule has 0 heterocycles. The zero-order valence-corrected chi connectivity index (χ0v) is 26.0. The summed E-state index contributed by atoms with van der Waals surface area (Å²) in [5.41, 5.74) is 4.26. The van der Waals surface area contributed by atoms with E-state index in [0.717, 1.165) is 26.7 Å². The highest BCUT2D eigenvalue weighted by Crippen LogP contribution is 2.25. The molecule has 3 aromatic rings. The second-order valence-electron chi connectivity index (χ2n) is 9.98. The van der Waals surface area contributed by atoms with Crippen LogP contribution >= 0.6 is 15.9 Å². The molecule has 0 spiro atoms. The lowest BCUT2D eigenvalue weighted by atomic mass is 10.0. The van der Waals surface area contributed by atoms with Crippen LogP contribution in [-0.2, 0) is 32.6 Å². The van der Waals surface area contributed by atoms with Crippen molar-refractivity contribution >= 4 is 43.5 Å². The van der Waals surface area contributed by atoms with Gasteiger partial charge in [-0.05, 0) is 67.6 Å². The molecule has 0 saturated carbocycles. The van der Waals surface area contributed by atoms with Crippen LogP contribution in [0.3, 0.4) is 0 Å². The van der Waals surface area contributed by atoms with Crippen LogP contribution in [0, 0.1) is 13.8 Å². The number of hydrogen-bond donors (Lipinski definition) is 1. The monoisotopic (exact) mass is 627 g/mol. The normalized spacial score (nSPS) is 12.0. The molecule has 0 aromatic heterocycles. The first kappa shape index (κ1) is 31.4. The number of halogens is 1. The first-order valence-electron chi connectivity index (χ1n) is 13.4. The molecule has 214 valence electrons. The number of amides is 2. The van der Waals surface area contributed by atoms with Gasteiger partial charge in [-0.2, -0.15) is 0 Å². The van der Waals surface area contributed by atoms with Crippen LogP contribution in [0.1, 0.15) is 42.0 Å². The molecule has 0 fully saturated rings. The number of nitrogens with one attached hydrogen (secondary N) is 1. The van der Waals surface area contributed by atoms with E-state index in [4.69, 9.17) is 0 Å². The molecule has 0 aliphatic rings. The molecule has 2 amide bonds. The van der Waals surface area contributed by atoms with Gasteiger partial charge in [0.05, 0.1) is 11.9 Å². The maximum Gasteiger partial charge on any atom is 0.243 e. The second-order valence-corrected chi connectivity index (χ2v) is 12.8. The lowest BCUT2D eigenvalue weighted by Gasteiger charge is -2.32. The van der Waals surface area contributed by atoms with E-state index in [1.807, 2.05) is 93.6 Å². The van der Waals surface area contributed by atoms with Crippen molar-refractivity contribution in [3.05, 3.63) is 99.5 Å². The fourth-order valence-corrected chi connectivity index (χ4v) is 5.88. The van der Waals surface area contributed by atoms with Crippen molar-refractivity contribution in [1.29, 1.82) is 0 Å². The van der Waals surface area contributed by atoms with E-state index in [1.54, 1.807) is 4.90 Å². The first-order valence-corrected chi connectivity index (χ1v) is 16.0. The van der Waals surface area contributed by atoms with E-state index < -0.39 is 16.1 Å². The number of likely N-dealkylation sites (N-methyl/N-ethyl adjacent to an activating group) is 1. The Hall–Kier alpha value is -3.17. The summed E-state index contributed by atoms with van der Waals surface area (Å²) in [5, 5.41) is 2.90. The molecule has 0 saturated heterocycles. The summed E-state index contributed by atoms with van der Waals surface area (Å²) in [6.45, 7) is 6.51. The maximum absolute atomic E-state index is 13.8. The molecule has 0 aliphatic heterocycles. The Kier molecular flexibility index (Phi) is 11.3. The fourth-order valence-electron chi connectivity index (χ4n) is 4.60. The summed E-state index contributed by atoms with van der Waals surface area (Å²) < 4.78 is 27.7. The molecule has 1 N–H and O–H groups in total. The summed E-state index contributed by atoms with van der Waals surface area (Å²) in [6, 6.07) is 22.3. The number of benzene rings is 3. The number of sulfonamides is 1. The number of anilines is 1. The summed E-state index contributed by atoms with van der Waals surface area (Å²) in [6.07, 6.45) is 1.95. The van der Waals surface area contributed by atoms with Gasteiger partial charge in [0.1, 0.15) is 6.04 Å². The lowest BCUT2D eigenvalue weighted by molar-refractivity contribution is -0.141. The number of rotatable bonds is 13. The Balaban J connectivity index is 1.87. The van der Waals surface area contributed by atoms with Crippen LogP contribution in [-0.4, -0.2) is 50.5 Å². The Morgan fingerprint density at radius 2 is 1.62 bits per heavy atom. The minimum Gasteiger partial charge on any atom is -0.355 e. The van der Waals surface area contributed by atoms with Crippen molar-refractivity contribution in [3.63, 3.8) is 0 Å². The van der Waals surface area contributed by atoms with Gasteiger partial charge < -0.3 is 10.2 Å². The van der Waals surface area contributed by atoms with Crippen LogP contribution < -0.4 is 9.62 Å². The third-order valence-electron chi connectivity index (χ3n) is 6.67.